The summed E-state index contributed by atoms with van der Waals surface area (Å²) in [5.74, 6) is 0.216. The first-order valence-electron chi connectivity index (χ1n) is 8.76. The third kappa shape index (κ3) is 6.13. The molecule has 1 aromatic rings. The van der Waals surface area contributed by atoms with Crippen LogP contribution < -0.4 is 15.5 Å². The molecule has 0 aliphatic carbocycles. The molecule has 7 heteroatoms. The van der Waals surface area contributed by atoms with E-state index in [9.17, 15) is 4.79 Å². The first-order valence-corrected chi connectivity index (χ1v) is 9.55. The van der Waals surface area contributed by atoms with Crippen molar-refractivity contribution in [2.75, 3.05) is 42.9 Å². The molecular formula is C18H27ClN4OS. The van der Waals surface area contributed by atoms with Crippen molar-refractivity contribution in [1.29, 1.82) is 0 Å². The molecule has 138 valence electrons. The Bertz CT molecular complexity index is 615. The number of piperazine rings is 1. The number of amides is 1. The molecule has 0 bridgehead atoms. The summed E-state index contributed by atoms with van der Waals surface area (Å²) < 4.78 is 0. The number of hydrogen-bond acceptors (Lipinski definition) is 4. The Morgan fingerprint density at radius 2 is 1.96 bits per heavy atom. The third-order valence-electron chi connectivity index (χ3n) is 4.21. The van der Waals surface area contributed by atoms with Crippen molar-refractivity contribution in [2.45, 2.75) is 27.2 Å². The van der Waals surface area contributed by atoms with E-state index in [1.54, 1.807) is 0 Å². The Labute approximate surface area is 160 Å². The van der Waals surface area contributed by atoms with E-state index < -0.39 is 0 Å². The number of anilines is 2. The van der Waals surface area contributed by atoms with Crippen molar-refractivity contribution in [1.82, 2.24) is 10.2 Å². The molecule has 1 aliphatic heterocycles. The second kappa shape index (κ2) is 9.36. The molecule has 0 unspecified atom stereocenters. The molecule has 0 aromatic heterocycles. The molecule has 1 amide bonds. The highest BCUT2D eigenvalue weighted by Crippen LogP contribution is 2.29. The van der Waals surface area contributed by atoms with Crippen LogP contribution in [-0.4, -0.2) is 48.6 Å². The van der Waals surface area contributed by atoms with Crippen LogP contribution in [0.3, 0.4) is 0 Å². The van der Waals surface area contributed by atoms with Crippen molar-refractivity contribution in [3.63, 3.8) is 0 Å². The molecule has 1 saturated heterocycles. The average molecular weight is 383 g/mol. The van der Waals surface area contributed by atoms with E-state index in [1.807, 2.05) is 32.0 Å². The van der Waals surface area contributed by atoms with Crippen LogP contribution >= 0.6 is 23.8 Å². The number of likely N-dealkylation sites (N-methyl/N-ethyl adjacent to an activating group) is 1. The van der Waals surface area contributed by atoms with Crippen LogP contribution in [0.25, 0.3) is 0 Å². The van der Waals surface area contributed by atoms with Gasteiger partial charge in [0.2, 0.25) is 5.91 Å². The summed E-state index contributed by atoms with van der Waals surface area (Å²) in [4.78, 5) is 16.5. The minimum atomic E-state index is -0.0796. The Morgan fingerprint density at radius 1 is 1.28 bits per heavy atom. The fourth-order valence-corrected chi connectivity index (χ4v) is 3.39. The molecule has 0 radical (unpaired) electrons. The Morgan fingerprint density at radius 3 is 2.52 bits per heavy atom. The van der Waals surface area contributed by atoms with Crippen LogP contribution in [0.15, 0.2) is 18.2 Å². The summed E-state index contributed by atoms with van der Waals surface area (Å²) >= 11 is 11.7. The summed E-state index contributed by atoms with van der Waals surface area (Å²) in [6, 6.07) is 5.79. The fourth-order valence-electron chi connectivity index (χ4n) is 2.86. The van der Waals surface area contributed by atoms with Gasteiger partial charge in [-0.05, 0) is 42.9 Å². The number of carbonyl (C=O) groups excluding carboxylic acids is 1. The number of nitrogens with one attached hydrogen (secondary N) is 2. The zero-order valence-electron chi connectivity index (χ0n) is 15.1. The molecule has 1 heterocycles. The van der Waals surface area contributed by atoms with Gasteiger partial charge in [-0.1, -0.05) is 32.4 Å². The van der Waals surface area contributed by atoms with Crippen LogP contribution in [-0.2, 0) is 4.79 Å². The van der Waals surface area contributed by atoms with Crippen molar-refractivity contribution in [2.24, 2.45) is 5.92 Å². The van der Waals surface area contributed by atoms with Gasteiger partial charge in [-0.2, -0.15) is 0 Å². The van der Waals surface area contributed by atoms with E-state index in [4.69, 9.17) is 23.8 Å². The van der Waals surface area contributed by atoms with E-state index in [0.29, 0.717) is 22.5 Å². The highest BCUT2D eigenvalue weighted by Gasteiger charge is 2.18. The van der Waals surface area contributed by atoms with Crippen molar-refractivity contribution in [3.05, 3.63) is 23.2 Å². The lowest BCUT2D eigenvalue weighted by molar-refractivity contribution is -0.120. The molecule has 1 fully saturated rings. The van der Waals surface area contributed by atoms with Crippen molar-refractivity contribution in [3.8, 4) is 0 Å². The predicted octanol–water partition coefficient (Wildman–Crippen LogP) is 3.34. The van der Waals surface area contributed by atoms with Gasteiger partial charge in [-0.25, -0.2) is 0 Å². The smallest absolute Gasteiger partial charge is 0.226 e. The van der Waals surface area contributed by atoms with Gasteiger partial charge in [-0.3, -0.25) is 4.79 Å². The lowest BCUT2D eigenvalue weighted by Crippen LogP contribution is -2.46. The van der Waals surface area contributed by atoms with Crippen LogP contribution in [0, 0.1) is 5.92 Å². The maximum absolute atomic E-state index is 11.8. The van der Waals surface area contributed by atoms with Gasteiger partial charge < -0.3 is 20.4 Å². The van der Waals surface area contributed by atoms with Gasteiger partial charge in [0.05, 0.1) is 10.7 Å². The zero-order chi connectivity index (χ0) is 18.4. The van der Waals surface area contributed by atoms with Crippen molar-refractivity contribution < 1.29 is 4.79 Å². The topological polar surface area (TPSA) is 47.6 Å². The standard InChI is InChI=1S/C18H27ClN4OS/c1-4-22-7-9-23(10-8-22)16-6-5-14(12-15(16)19)20-18(25)21-17(24)11-13(2)3/h5-6,12-13H,4,7-11H2,1-3H3,(H2,20,21,24,25). The van der Waals surface area contributed by atoms with Crippen LogP contribution in [0.5, 0.6) is 0 Å². The fraction of sp³-hybridized carbons (Fsp3) is 0.556. The summed E-state index contributed by atoms with van der Waals surface area (Å²) in [7, 11) is 0. The van der Waals surface area contributed by atoms with Crippen LogP contribution in [0.1, 0.15) is 27.2 Å². The minimum absolute atomic E-state index is 0.0796. The molecule has 1 aromatic carbocycles. The van der Waals surface area contributed by atoms with Gasteiger partial charge >= 0.3 is 0 Å². The van der Waals surface area contributed by atoms with Crippen molar-refractivity contribution >= 4 is 46.2 Å². The highest BCUT2D eigenvalue weighted by molar-refractivity contribution is 7.80. The Kier molecular flexibility index (Phi) is 7.47. The first-order chi connectivity index (χ1) is 11.9. The zero-order valence-corrected chi connectivity index (χ0v) is 16.7. The Balaban J connectivity index is 1.93. The number of benzene rings is 1. The first kappa shape index (κ1) is 19.9. The molecule has 0 atom stereocenters. The summed E-state index contributed by atoms with van der Waals surface area (Å²) in [6.07, 6.45) is 0.450. The molecule has 0 spiro atoms. The maximum Gasteiger partial charge on any atom is 0.226 e. The normalized spacial score (nSPS) is 15.3. The maximum atomic E-state index is 11.8. The molecule has 0 saturated carbocycles. The van der Waals surface area contributed by atoms with Crippen LogP contribution in [0.4, 0.5) is 11.4 Å². The quantitative estimate of drug-likeness (QED) is 0.765. The summed E-state index contributed by atoms with van der Waals surface area (Å²) in [5.41, 5.74) is 1.81. The number of nitrogens with zero attached hydrogens (tertiary/aromatic N) is 2. The van der Waals surface area contributed by atoms with E-state index in [-0.39, 0.29) is 5.91 Å². The largest absolute Gasteiger partial charge is 0.368 e. The summed E-state index contributed by atoms with van der Waals surface area (Å²) in [6.45, 7) is 11.3. The molecule has 2 rings (SSSR count). The second-order valence-electron chi connectivity index (χ2n) is 6.69. The number of hydrogen-bond donors (Lipinski definition) is 2. The summed E-state index contributed by atoms with van der Waals surface area (Å²) in [5, 5.41) is 6.70. The Hall–Kier alpha value is -1.37. The van der Waals surface area contributed by atoms with Crippen LogP contribution in [0.2, 0.25) is 5.02 Å². The van der Waals surface area contributed by atoms with Gasteiger partial charge in [0.25, 0.3) is 0 Å². The average Bonchev–Trinajstić information content (AvgIpc) is 2.54. The van der Waals surface area contributed by atoms with Gasteiger partial charge in [0.15, 0.2) is 5.11 Å². The monoisotopic (exact) mass is 382 g/mol. The number of halogens is 1. The van der Waals surface area contributed by atoms with Gasteiger partial charge in [0.1, 0.15) is 0 Å². The third-order valence-corrected chi connectivity index (χ3v) is 4.72. The predicted molar refractivity (Wildman–Crippen MR) is 110 cm³/mol. The number of carbonyl (C=O) groups is 1. The van der Waals surface area contributed by atoms with E-state index >= 15 is 0 Å². The molecule has 2 N–H and O–H groups in total. The minimum Gasteiger partial charge on any atom is -0.368 e. The lowest BCUT2D eigenvalue weighted by atomic mass is 10.1. The number of rotatable bonds is 5. The van der Waals surface area contributed by atoms with E-state index in [1.165, 1.54) is 0 Å². The van der Waals surface area contributed by atoms with Gasteiger partial charge in [-0.15, -0.1) is 0 Å². The SMILES string of the molecule is CCN1CCN(c2ccc(NC(=S)NC(=O)CC(C)C)cc2Cl)CC1. The molecule has 1 aliphatic rings. The lowest BCUT2D eigenvalue weighted by Gasteiger charge is -2.36. The molecular weight excluding hydrogens is 356 g/mol. The number of thiocarbonyl (C=S) groups is 1. The second-order valence-corrected chi connectivity index (χ2v) is 7.50. The molecule has 25 heavy (non-hydrogen) atoms. The molecule has 5 nitrogen and oxygen atoms in total. The van der Waals surface area contributed by atoms with E-state index in [2.05, 4.69) is 27.4 Å². The van der Waals surface area contributed by atoms with E-state index in [0.717, 1.165) is 44.1 Å². The highest BCUT2D eigenvalue weighted by atomic mass is 35.5. The van der Waals surface area contributed by atoms with Gasteiger partial charge in [0, 0.05) is 38.3 Å².